The first kappa shape index (κ1) is 17.3. The Bertz CT molecular complexity index is 775. The van der Waals surface area contributed by atoms with Gasteiger partial charge in [0.25, 0.3) is 0 Å². The van der Waals surface area contributed by atoms with E-state index in [0.29, 0.717) is 0 Å². The Morgan fingerprint density at radius 2 is 1.40 bits per heavy atom. The van der Waals surface area contributed by atoms with E-state index in [1.54, 1.807) is 0 Å². The lowest BCUT2D eigenvalue weighted by molar-refractivity contribution is 0.483. The fourth-order valence-electron chi connectivity index (χ4n) is 2.43. The van der Waals surface area contributed by atoms with Crippen molar-refractivity contribution < 1.29 is 4.74 Å². The van der Waals surface area contributed by atoms with Crippen LogP contribution in [0.3, 0.4) is 0 Å². The Kier molecular flexibility index (Phi) is 6.32. The molecule has 0 atom stereocenters. The van der Waals surface area contributed by atoms with Gasteiger partial charge in [-0.1, -0.05) is 48.0 Å². The first-order chi connectivity index (χ1) is 12.3. The van der Waals surface area contributed by atoms with Crippen molar-refractivity contribution >= 4 is 17.3 Å². The lowest BCUT2D eigenvalue weighted by Crippen LogP contribution is -2.21. The SMILES string of the molecule is Clc1ccccc1CNCCNc1ccc(Oc2ccccc2)cc1. The number of rotatable bonds is 8. The molecule has 0 aliphatic carbocycles. The Morgan fingerprint density at radius 3 is 2.16 bits per heavy atom. The number of anilines is 1. The Labute approximate surface area is 153 Å². The molecule has 0 radical (unpaired) electrons. The highest BCUT2D eigenvalue weighted by atomic mass is 35.5. The van der Waals surface area contributed by atoms with Crippen molar-refractivity contribution in [1.29, 1.82) is 0 Å². The molecular weight excluding hydrogens is 332 g/mol. The van der Waals surface area contributed by atoms with E-state index < -0.39 is 0 Å². The number of hydrogen-bond acceptors (Lipinski definition) is 3. The van der Waals surface area contributed by atoms with Gasteiger partial charge in [-0.25, -0.2) is 0 Å². The molecule has 0 aliphatic heterocycles. The minimum atomic E-state index is 0.769. The van der Waals surface area contributed by atoms with Gasteiger partial charge in [0, 0.05) is 30.3 Å². The summed E-state index contributed by atoms with van der Waals surface area (Å²) in [5, 5.41) is 7.57. The molecule has 128 valence electrons. The fourth-order valence-corrected chi connectivity index (χ4v) is 2.63. The molecule has 0 amide bonds. The van der Waals surface area contributed by atoms with Gasteiger partial charge in [0.2, 0.25) is 0 Å². The van der Waals surface area contributed by atoms with Crippen LogP contribution in [0, 0.1) is 0 Å². The molecule has 0 saturated carbocycles. The maximum Gasteiger partial charge on any atom is 0.127 e. The van der Waals surface area contributed by atoms with Gasteiger partial charge in [-0.3, -0.25) is 0 Å². The summed E-state index contributed by atoms with van der Waals surface area (Å²) in [6, 6.07) is 25.6. The first-order valence-corrected chi connectivity index (χ1v) is 8.70. The Hall–Kier alpha value is -2.49. The van der Waals surface area contributed by atoms with E-state index in [0.717, 1.165) is 47.4 Å². The monoisotopic (exact) mass is 352 g/mol. The van der Waals surface area contributed by atoms with Crippen LogP contribution in [0.1, 0.15) is 5.56 Å². The largest absolute Gasteiger partial charge is 0.457 e. The summed E-state index contributed by atoms with van der Waals surface area (Å²) in [5.41, 5.74) is 2.19. The van der Waals surface area contributed by atoms with Crippen LogP contribution in [-0.2, 0) is 6.54 Å². The van der Waals surface area contributed by atoms with Crippen molar-refractivity contribution in [2.75, 3.05) is 18.4 Å². The van der Waals surface area contributed by atoms with Crippen LogP contribution in [0.25, 0.3) is 0 Å². The highest BCUT2D eigenvalue weighted by Crippen LogP contribution is 2.22. The van der Waals surface area contributed by atoms with Crippen molar-refractivity contribution in [2.45, 2.75) is 6.54 Å². The summed E-state index contributed by atoms with van der Waals surface area (Å²) >= 11 is 6.14. The van der Waals surface area contributed by atoms with Gasteiger partial charge in [-0.05, 0) is 48.0 Å². The molecule has 3 aromatic rings. The summed E-state index contributed by atoms with van der Waals surface area (Å²) < 4.78 is 5.78. The summed E-state index contributed by atoms with van der Waals surface area (Å²) in [6.07, 6.45) is 0. The van der Waals surface area contributed by atoms with Gasteiger partial charge in [0.05, 0.1) is 0 Å². The zero-order chi connectivity index (χ0) is 17.3. The molecule has 3 rings (SSSR count). The summed E-state index contributed by atoms with van der Waals surface area (Å²) in [7, 11) is 0. The van der Waals surface area contributed by atoms with Crippen molar-refractivity contribution in [3.63, 3.8) is 0 Å². The van der Waals surface area contributed by atoms with Crippen molar-refractivity contribution in [3.05, 3.63) is 89.4 Å². The number of ether oxygens (including phenoxy) is 1. The van der Waals surface area contributed by atoms with E-state index in [9.17, 15) is 0 Å². The zero-order valence-corrected chi connectivity index (χ0v) is 14.7. The maximum absolute atomic E-state index is 6.14. The quantitative estimate of drug-likeness (QED) is 0.537. The van der Waals surface area contributed by atoms with Crippen LogP contribution in [0.5, 0.6) is 11.5 Å². The van der Waals surface area contributed by atoms with Gasteiger partial charge in [0.15, 0.2) is 0 Å². The highest BCUT2D eigenvalue weighted by Gasteiger charge is 1.99. The zero-order valence-electron chi connectivity index (χ0n) is 13.9. The molecule has 0 heterocycles. The van der Waals surface area contributed by atoms with Crippen LogP contribution in [0.15, 0.2) is 78.9 Å². The fraction of sp³-hybridized carbons (Fsp3) is 0.143. The molecule has 0 aromatic heterocycles. The lowest BCUT2D eigenvalue weighted by atomic mass is 10.2. The molecule has 0 saturated heterocycles. The predicted molar refractivity (Wildman–Crippen MR) is 105 cm³/mol. The van der Waals surface area contributed by atoms with Crippen LogP contribution >= 0.6 is 11.6 Å². The van der Waals surface area contributed by atoms with E-state index in [-0.39, 0.29) is 0 Å². The molecule has 2 N–H and O–H groups in total. The van der Waals surface area contributed by atoms with Gasteiger partial charge in [-0.15, -0.1) is 0 Å². The number of halogens is 1. The van der Waals surface area contributed by atoms with E-state index in [1.165, 1.54) is 0 Å². The third kappa shape index (κ3) is 5.52. The number of nitrogens with one attached hydrogen (secondary N) is 2. The molecule has 0 aliphatic rings. The van der Waals surface area contributed by atoms with Crippen molar-refractivity contribution in [3.8, 4) is 11.5 Å². The van der Waals surface area contributed by atoms with E-state index in [2.05, 4.69) is 10.6 Å². The standard InChI is InChI=1S/C21H21ClN2O/c22-21-9-5-4-6-17(21)16-23-14-15-24-18-10-12-20(13-11-18)25-19-7-2-1-3-8-19/h1-13,23-24H,14-16H2. The molecule has 4 heteroatoms. The second-order valence-electron chi connectivity index (χ2n) is 5.63. The number of hydrogen-bond donors (Lipinski definition) is 2. The minimum absolute atomic E-state index is 0.769. The molecule has 3 aromatic carbocycles. The highest BCUT2D eigenvalue weighted by molar-refractivity contribution is 6.31. The molecule has 0 fully saturated rings. The summed E-state index contributed by atoms with van der Waals surface area (Å²) in [4.78, 5) is 0. The van der Waals surface area contributed by atoms with Crippen LogP contribution < -0.4 is 15.4 Å². The van der Waals surface area contributed by atoms with E-state index in [4.69, 9.17) is 16.3 Å². The van der Waals surface area contributed by atoms with Gasteiger partial charge in [-0.2, -0.15) is 0 Å². The van der Waals surface area contributed by atoms with Crippen LogP contribution in [0.2, 0.25) is 5.02 Å². The van der Waals surface area contributed by atoms with E-state index in [1.807, 2.05) is 78.9 Å². The smallest absolute Gasteiger partial charge is 0.127 e. The van der Waals surface area contributed by atoms with Crippen molar-refractivity contribution in [2.24, 2.45) is 0 Å². The third-order valence-corrected chi connectivity index (χ3v) is 4.11. The number of benzene rings is 3. The van der Waals surface area contributed by atoms with Gasteiger partial charge >= 0.3 is 0 Å². The second kappa shape index (κ2) is 9.11. The van der Waals surface area contributed by atoms with Crippen molar-refractivity contribution in [1.82, 2.24) is 5.32 Å². The predicted octanol–water partition coefficient (Wildman–Crippen LogP) is 5.33. The topological polar surface area (TPSA) is 33.3 Å². The molecular formula is C21H21ClN2O. The average Bonchev–Trinajstić information content (AvgIpc) is 2.65. The van der Waals surface area contributed by atoms with E-state index >= 15 is 0 Å². The Morgan fingerprint density at radius 1 is 0.720 bits per heavy atom. The second-order valence-corrected chi connectivity index (χ2v) is 6.04. The van der Waals surface area contributed by atoms with Gasteiger partial charge < -0.3 is 15.4 Å². The lowest BCUT2D eigenvalue weighted by Gasteiger charge is -2.10. The molecule has 0 spiro atoms. The molecule has 25 heavy (non-hydrogen) atoms. The maximum atomic E-state index is 6.14. The summed E-state index contributed by atoms with van der Waals surface area (Å²) in [6.45, 7) is 2.46. The normalized spacial score (nSPS) is 10.4. The molecule has 0 unspecified atom stereocenters. The van der Waals surface area contributed by atoms with Gasteiger partial charge in [0.1, 0.15) is 11.5 Å². The van der Waals surface area contributed by atoms with Crippen LogP contribution in [-0.4, -0.2) is 13.1 Å². The molecule has 0 bridgehead atoms. The number of para-hydroxylation sites is 1. The third-order valence-electron chi connectivity index (χ3n) is 3.74. The summed E-state index contributed by atoms with van der Waals surface area (Å²) in [5.74, 6) is 1.67. The Balaban J connectivity index is 1.39. The average molecular weight is 353 g/mol. The first-order valence-electron chi connectivity index (χ1n) is 8.32. The van der Waals surface area contributed by atoms with Crippen LogP contribution in [0.4, 0.5) is 5.69 Å². The molecule has 3 nitrogen and oxygen atoms in total. The minimum Gasteiger partial charge on any atom is -0.457 e.